The molecule has 16 heavy (non-hydrogen) atoms. The van der Waals surface area contributed by atoms with Gasteiger partial charge in [-0.1, -0.05) is 46.3 Å². The van der Waals surface area contributed by atoms with Crippen molar-refractivity contribution in [1.29, 1.82) is 0 Å². The van der Waals surface area contributed by atoms with E-state index in [1.54, 1.807) is 12.4 Å². The minimum absolute atomic E-state index is 0.295. The van der Waals surface area contributed by atoms with E-state index in [1.165, 1.54) is 5.56 Å². The van der Waals surface area contributed by atoms with Gasteiger partial charge in [0.1, 0.15) is 0 Å². The molecule has 1 heterocycles. The first-order chi connectivity index (χ1) is 7.77. The van der Waals surface area contributed by atoms with Crippen LogP contribution in [0, 0.1) is 6.92 Å². The molecule has 0 fully saturated rings. The van der Waals surface area contributed by atoms with Crippen LogP contribution in [0.4, 0.5) is 0 Å². The van der Waals surface area contributed by atoms with Gasteiger partial charge in [0.2, 0.25) is 0 Å². The number of aromatic nitrogens is 2. The summed E-state index contributed by atoms with van der Waals surface area (Å²) in [6, 6.07) is 10.4. The predicted octanol–water partition coefficient (Wildman–Crippen LogP) is 3.46. The minimum Gasteiger partial charge on any atom is -0.258 e. The molecule has 2 aromatic rings. The molecule has 1 unspecified atom stereocenters. The Kier molecular flexibility index (Phi) is 3.67. The maximum absolute atomic E-state index is 4.35. The fourth-order valence-electron chi connectivity index (χ4n) is 1.59. The lowest BCUT2D eigenvalue weighted by molar-refractivity contribution is 0.870. The Morgan fingerprint density at radius 3 is 2.50 bits per heavy atom. The second-order valence-corrected chi connectivity index (χ2v) is 4.78. The van der Waals surface area contributed by atoms with Crippen molar-refractivity contribution >= 4 is 15.9 Å². The summed E-state index contributed by atoms with van der Waals surface area (Å²) >= 11 is 3.69. The number of rotatable bonds is 3. The van der Waals surface area contributed by atoms with Crippen LogP contribution in [0.3, 0.4) is 0 Å². The average Bonchev–Trinajstić information content (AvgIpc) is 2.33. The van der Waals surface area contributed by atoms with E-state index >= 15 is 0 Å². The number of aryl methyl sites for hydroxylation is 1. The van der Waals surface area contributed by atoms with Crippen molar-refractivity contribution in [1.82, 2.24) is 9.97 Å². The Balaban J connectivity index is 2.14. The Morgan fingerprint density at radius 1 is 1.12 bits per heavy atom. The molecule has 2 rings (SSSR count). The minimum atomic E-state index is 0.295. The lowest BCUT2D eigenvalue weighted by Gasteiger charge is -2.10. The van der Waals surface area contributed by atoms with Gasteiger partial charge < -0.3 is 0 Å². The Labute approximate surface area is 104 Å². The first kappa shape index (κ1) is 11.3. The maximum atomic E-state index is 4.35. The number of halogens is 1. The van der Waals surface area contributed by atoms with Crippen molar-refractivity contribution in [3.8, 4) is 0 Å². The largest absolute Gasteiger partial charge is 0.258 e. The van der Waals surface area contributed by atoms with Gasteiger partial charge in [-0.3, -0.25) is 9.97 Å². The van der Waals surface area contributed by atoms with E-state index in [1.807, 2.05) is 25.1 Å². The average molecular weight is 277 g/mol. The van der Waals surface area contributed by atoms with Gasteiger partial charge in [0.25, 0.3) is 0 Å². The van der Waals surface area contributed by atoms with Crippen molar-refractivity contribution < 1.29 is 0 Å². The highest BCUT2D eigenvalue weighted by atomic mass is 79.9. The van der Waals surface area contributed by atoms with Crippen molar-refractivity contribution in [2.24, 2.45) is 0 Å². The zero-order valence-electron chi connectivity index (χ0n) is 9.10. The highest BCUT2D eigenvalue weighted by Crippen LogP contribution is 2.26. The van der Waals surface area contributed by atoms with E-state index in [0.29, 0.717) is 4.83 Å². The van der Waals surface area contributed by atoms with E-state index in [4.69, 9.17) is 0 Å². The van der Waals surface area contributed by atoms with Crippen LogP contribution in [0.15, 0.2) is 42.7 Å². The van der Waals surface area contributed by atoms with Crippen molar-refractivity contribution in [3.05, 3.63) is 59.7 Å². The highest BCUT2D eigenvalue weighted by Gasteiger charge is 2.10. The molecule has 0 aliphatic rings. The van der Waals surface area contributed by atoms with Crippen LogP contribution in [0.1, 0.15) is 21.8 Å². The van der Waals surface area contributed by atoms with Gasteiger partial charge in [0, 0.05) is 23.6 Å². The summed E-state index contributed by atoms with van der Waals surface area (Å²) in [5.74, 6) is 0. The van der Waals surface area contributed by atoms with Crippen molar-refractivity contribution in [2.75, 3.05) is 0 Å². The monoisotopic (exact) mass is 276 g/mol. The van der Waals surface area contributed by atoms with E-state index in [9.17, 15) is 0 Å². The molecule has 2 nitrogen and oxygen atoms in total. The van der Waals surface area contributed by atoms with Gasteiger partial charge in [0.05, 0.1) is 11.4 Å². The molecular weight excluding hydrogens is 264 g/mol. The Hall–Kier alpha value is -1.22. The molecule has 0 bridgehead atoms. The normalized spacial score (nSPS) is 12.4. The molecule has 1 atom stereocenters. The van der Waals surface area contributed by atoms with E-state index in [-0.39, 0.29) is 0 Å². The number of hydrogen-bond acceptors (Lipinski definition) is 2. The molecule has 82 valence electrons. The van der Waals surface area contributed by atoms with Gasteiger partial charge in [-0.25, -0.2) is 0 Å². The van der Waals surface area contributed by atoms with Crippen LogP contribution >= 0.6 is 15.9 Å². The molecule has 0 saturated carbocycles. The van der Waals surface area contributed by atoms with Gasteiger partial charge in [-0.15, -0.1) is 0 Å². The van der Waals surface area contributed by atoms with Crippen molar-refractivity contribution in [2.45, 2.75) is 18.2 Å². The third-order valence-corrected chi connectivity index (χ3v) is 3.37. The van der Waals surface area contributed by atoms with Crippen molar-refractivity contribution in [3.63, 3.8) is 0 Å². The third-order valence-electron chi connectivity index (χ3n) is 2.52. The molecule has 1 aromatic carbocycles. The molecule has 0 aliphatic carbocycles. The zero-order valence-corrected chi connectivity index (χ0v) is 10.7. The summed E-state index contributed by atoms with van der Waals surface area (Å²) < 4.78 is 0. The molecule has 0 aliphatic heterocycles. The van der Waals surface area contributed by atoms with Gasteiger partial charge in [-0.2, -0.15) is 0 Å². The second kappa shape index (κ2) is 5.21. The van der Waals surface area contributed by atoms with Crippen LogP contribution in [0.2, 0.25) is 0 Å². The first-order valence-electron chi connectivity index (χ1n) is 5.23. The highest BCUT2D eigenvalue weighted by molar-refractivity contribution is 9.09. The number of alkyl halides is 1. The summed E-state index contributed by atoms with van der Waals surface area (Å²) in [5, 5.41) is 0. The lowest BCUT2D eigenvalue weighted by atomic mass is 10.1. The standard InChI is InChI=1S/C13H13BrN2/c1-10-13(16-8-7-15-10)9-12(14)11-5-3-2-4-6-11/h2-8,12H,9H2,1H3. The van der Waals surface area contributed by atoms with Crippen LogP contribution in [0.25, 0.3) is 0 Å². The fraction of sp³-hybridized carbons (Fsp3) is 0.231. The Morgan fingerprint density at radius 2 is 1.81 bits per heavy atom. The quantitative estimate of drug-likeness (QED) is 0.803. The number of hydrogen-bond donors (Lipinski definition) is 0. The van der Waals surface area contributed by atoms with Crippen LogP contribution in [0.5, 0.6) is 0 Å². The Bertz CT molecular complexity index is 456. The van der Waals surface area contributed by atoms with E-state index < -0.39 is 0 Å². The summed E-state index contributed by atoms with van der Waals surface area (Å²) in [5.41, 5.74) is 3.32. The lowest BCUT2D eigenvalue weighted by Crippen LogP contribution is -2.01. The fourth-order valence-corrected chi connectivity index (χ4v) is 2.20. The molecule has 0 saturated heterocycles. The molecule has 1 aromatic heterocycles. The van der Waals surface area contributed by atoms with Gasteiger partial charge in [0.15, 0.2) is 0 Å². The summed E-state index contributed by atoms with van der Waals surface area (Å²) in [4.78, 5) is 8.89. The van der Waals surface area contributed by atoms with E-state index in [2.05, 4.69) is 38.0 Å². The van der Waals surface area contributed by atoms with E-state index in [0.717, 1.165) is 17.8 Å². The topological polar surface area (TPSA) is 25.8 Å². The van der Waals surface area contributed by atoms with Crippen LogP contribution in [-0.2, 0) is 6.42 Å². The van der Waals surface area contributed by atoms with Crippen LogP contribution in [-0.4, -0.2) is 9.97 Å². The summed E-state index contributed by atoms with van der Waals surface area (Å²) in [6.45, 7) is 1.99. The molecule has 0 radical (unpaired) electrons. The second-order valence-electron chi connectivity index (χ2n) is 3.67. The third kappa shape index (κ3) is 2.67. The maximum Gasteiger partial charge on any atom is 0.0630 e. The summed E-state index contributed by atoms with van der Waals surface area (Å²) in [7, 11) is 0. The number of benzene rings is 1. The zero-order chi connectivity index (χ0) is 11.4. The molecule has 0 spiro atoms. The molecule has 3 heteroatoms. The van der Waals surface area contributed by atoms with Gasteiger partial charge >= 0.3 is 0 Å². The smallest absolute Gasteiger partial charge is 0.0630 e. The number of nitrogens with zero attached hydrogens (tertiary/aromatic N) is 2. The molecular formula is C13H13BrN2. The molecule has 0 amide bonds. The molecule has 0 N–H and O–H groups in total. The van der Waals surface area contributed by atoms with Gasteiger partial charge in [-0.05, 0) is 12.5 Å². The predicted molar refractivity (Wildman–Crippen MR) is 68.6 cm³/mol. The SMILES string of the molecule is Cc1nccnc1CC(Br)c1ccccc1. The first-order valence-corrected chi connectivity index (χ1v) is 6.14. The van der Waals surface area contributed by atoms with Crippen LogP contribution < -0.4 is 0 Å². The summed E-state index contributed by atoms with van der Waals surface area (Å²) in [6.07, 6.45) is 4.33.